The van der Waals surface area contributed by atoms with Gasteiger partial charge in [0.05, 0.1) is 90.3 Å². The molecule has 96 heavy (non-hydrogen) atoms. The maximum absolute atomic E-state index is 12.6. The van der Waals surface area contributed by atoms with Crippen LogP contribution >= 0.6 is 0 Å². The number of likely N-dealkylation sites (tertiary alicyclic amines) is 1. The molecule has 3 amide bonds. The lowest BCUT2D eigenvalue weighted by Gasteiger charge is -2.39. The molecule has 3 aliphatic carbocycles. The first-order valence-electron chi connectivity index (χ1n) is 34.3. The summed E-state index contributed by atoms with van der Waals surface area (Å²) in [4.78, 5) is 53.2. The van der Waals surface area contributed by atoms with Gasteiger partial charge in [-0.3, -0.25) is 29.3 Å². The van der Waals surface area contributed by atoms with Gasteiger partial charge in [0.2, 0.25) is 0 Å². The van der Waals surface area contributed by atoms with Crippen molar-refractivity contribution in [2.24, 2.45) is 0 Å². The fourth-order valence-electron chi connectivity index (χ4n) is 12.6. The largest absolute Gasteiger partial charge is 0.489 e. The van der Waals surface area contributed by atoms with Gasteiger partial charge in [-0.1, -0.05) is 18.2 Å². The second-order valence-electron chi connectivity index (χ2n) is 26.7. The molecule has 0 spiro atoms. The second-order valence-corrected chi connectivity index (χ2v) is 26.7. The average Bonchev–Trinajstić information content (AvgIpc) is 1.64. The van der Waals surface area contributed by atoms with E-state index in [2.05, 4.69) is 93.0 Å². The van der Waals surface area contributed by atoms with Crippen LogP contribution in [0.25, 0.3) is 50.4 Å². The van der Waals surface area contributed by atoms with Crippen LogP contribution in [-0.4, -0.2) is 149 Å². The summed E-state index contributed by atoms with van der Waals surface area (Å²) >= 11 is 0. The van der Waals surface area contributed by atoms with Crippen LogP contribution in [0.15, 0.2) is 147 Å². The lowest BCUT2D eigenvalue weighted by molar-refractivity contribution is 0.0262. The molecule has 3 saturated heterocycles. The number of carbonyl (C=O) groups is 3. The van der Waals surface area contributed by atoms with Gasteiger partial charge in [-0.15, -0.1) is 0 Å². The molecule has 498 valence electrons. The van der Waals surface area contributed by atoms with Crippen molar-refractivity contribution >= 4 is 29.1 Å². The lowest BCUT2D eigenvalue weighted by atomic mass is 9.99. The molecule has 6 aliphatic rings. The molecule has 6 fully saturated rings. The van der Waals surface area contributed by atoms with Crippen LogP contribution in [0.1, 0.15) is 139 Å². The third-order valence-electron chi connectivity index (χ3n) is 18.5. The zero-order valence-electron chi connectivity index (χ0n) is 55.6. The van der Waals surface area contributed by atoms with Crippen LogP contribution in [0, 0.1) is 20.8 Å². The molecule has 9 heterocycles. The molecule has 0 unspecified atom stereocenters. The Morgan fingerprint density at radius 1 is 0.469 bits per heavy atom. The SMILES string of the molecule is Cc1ccc(C(=O)NC2CC2)cc1-c1cnn(-c2cncc(NC3CCN(C4CCOCC4)CC3)c2)c1.Cc1ccc(C(=O)NC2CC2)cc1-c1cnn(-c2cncc(NC3CCNCC3)c2)c1.Cc1ccc(C(=O)NC2CC2)cc1-c1cnn(-c2cncc(OC(C)C)c2)c1. The van der Waals surface area contributed by atoms with Crippen LogP contribution in [0.2, 0.25) is 0 Å². The maximum atomic E-state index is 12.6. The first kappa shape index (κ1) is 65.1. The molecule has 6 N–H and O–H groups in total. The maximum Gasteiger partial charge on any atom is 0.251 e. The number of piperidine rings is 2. The standard InChI is InChI=1S/C29H36N6O2.C24H28N6O.C22H24N4O2/c1-20-2-3-21(29(36)33-23-4-5-23)14-28(20)22-16-31-35(19-22)27-15-25(17-30-18-27)32-24-6-10-34(11-7-24)26-8-12-37-13-9-26;1-16-2-3-17(24(31)29-19-4-5-19)10-23(16)18-12-27-30(15-18)22-11-21(13-26-14-22)28-20-6-8-25-9-7-20;1-14(2)28-20-9-19(11-23-12-20)26-13-17(10-24-26)21-8-16(5-4-15(21)3)22(27)25-18-6-7-18/h2-3,14-19,23-24,26,32H,4-13H2,1H3,(H,33,36);2-3,10-15,19-20,25,28H,4-9H2,1H3,(H,29,31);4-5,8-14,18H,6-7H2,1-3H3,(H,25,27). The van der Waals surface area contributed by atoms with Gasteiger partial charge in [0.1, 0.15) is 5.75 Å². The van der Waals surface area contributed by atoms with Crippen LogP contribution < -0.4 is 36.6 Å². The van der Waals surface area contributed by atoms with Crippen molar-refractivity contribution in [3.63, 3.8) is 0 Å². The molecule has 0 bridgehead atoms. The number of nitrogens with one attached hydrogen (secondary N) is 6. The van der Waals surface area contributed by atoms with Gasteiger partial charge < -0.3 is 46.3 Å². The van der Waals surface area contributed by atoms with Gasteiger partial charge in [-0.25, -0.2) is 14.0 Å². The second kappa shape index (κ2) is 30.0. The van der Waals surface area contributed by atoms with Crippen molar-refractivity contribution in [1.82, 2.24) is 70.5 Å². The Bertz CT molecular complexity index is 4160. The number of pyridine rings is 3. The number of carbonyl (C=O) groups excluding carboxylic acids is 3. The highest BCUT2D eigenvalue weighted by molar-refractivity contribution is 5.97. The number of aryl methyl sites for hydroxylation is 3. The molecule has 9 aromatic rings. The summed E-state index contributed by atoms with van der Waals surface area (Å²) in [5.41, 5.74) is 16.0. The van der Waals surface area contributed by atoms with Gasteiger partial charge >= 0.3 is 0 Å². The van der Waals surface area contributed by atoms with E-state index >= 15 is 0 Å². The zero-order valence-corrected chi connectivity index (χ0v) is 55.6. The fraction of sp³-hybridized carbons (Fsp3) is 0.400. The van der Waals surface area contributed by atoms with Crippen LogP contribution in [0.5, 0.6) is 5.75 Å². The summed E-state index contributed by atoms with van der Waals surface area (Å²) in [6.07, 6.45) is 35.7. The first-order chi connectivity index (χ1) is 46.8. The normalized spacial score (nSPS) is 16.9. The molecule has 15 rings (SSSR count). The Hall–Kier alpha value is -9.57. The van der Waals surface area contributed by atoms with E-state index in [-0.39, 0.29) is 23.8 Å². The monoisotopic (exact) mass is 1290 g/mol. The fourth-order valence-corrected chi connectivity index (χ4v) is 12.6. The highest BCUT2D eigenvalue weighted by Gasteiger charge is 2.29. The van der Waals surface area contributed by atoms with Gasteiger partial charge in [0.15, 0.2) is 0 Å². The Labute approximate surface area is 561 Å². The van der Waals surface area contributed by atoms with Gasteiger partial charge in [0, 0.05) is 121 Å². The summed E-state index contributed by atoms with van der Waals surface area (Å²) in [7, 11) is 0. The smallest absolute Gasteiger partial charge is 0.251 e. The number of benzene rings is 3. The van der Waals surface area contributed by atoms with Crippen LogP contribution in [0.3, 0.4) is 0 Å². The lowest BCUT2D eigenvalue weighted by Crippen LogP contribution is -2.46. The number of aromatic nitrogens is 9. The summed E-state index contributed by atoms with van der Waals surface area (Å²) < 4.78 is 16.7. The number of anilines is 2. The Balaban J connectivity index is 0.000000132. The van der Waals surface area contributed by atoms with E-state index in [1.54, 1.807) is 23.3 Å². The van der Waals surface area contributed by atoms with Crippen molar-refractivity contribution in [2.45, 2.75) is 154 Å². The predicted molar refractivity (Wildman–Crippen MR) is 373 cm³/mol. The number of rotatable bonds is 19. The highest BCUT2D eigenvalue weighted by Crippen LogP contribution is 2.32. The Morgan fingerprint density at radius 2 is 0.865 bits per heavy atom. The van der Waals surface area contributed by atoms with Crippen LogP contribution in [-0.2, 0) is 4.74 Å². The molecule has 6 aromatic heterocycles. The van der Waals surface area contributed by atoms with Crippen molar-refractivity contribution in [3.05, 3.63) is 181 Å². The number of hydrogen-bond acceptors (Lipinski definition) is 15. The summed E-state index contributed by atoms with van der Waals surface area (Å²) in [5, 5.41) is 33.5. The van der Waals surface area contributed by atoms with E-state index in [9.17, 15) is 14.4 Å². The van der Waals surface area contributed by atoms with Crippen molar-refractivity contribution in [1.29, 1.82) is 0 Å². The Morgan fingerprint density at radius 3 is 1.27 bits per heavy atom. The number of amides is 3. The third kappa shape index (κ3) is 17.1. The zero-order chi connectivity index (χ0) is 66.1. The summed E-state index contributed by atoms with van der Waals surface area (Å²) in [6, 6.07) is 26.3. The molecule has 21 heteroatoms. The third-order valence-corrected chi connectivity index (χ3v) is 18.5. The van der Waals surface area contributed by atoms with Crippen molar-refractivity contribution in [2.75, 3.05) is 50.0 Å². The summed E-state index contributed by atoms with van der Waals surface area (Å²) in [5.74, 6) is 0.688. The molecule has 3 aromatic carbocycles. The minimum atomic E-state index is -0.0149. The molecule has 3 aliphatic heterocycles. The number of ether oxygens (including phenoxy) is 2. The summed E-state index contributed by atoms with van der Waals surface area (Å²) in [6.45, 7) is 16.3. The highest BCUT2D eigenvalue weighted by atomic mass is 16.5. The number of nitrogens with zero attached hydrogens (tertiary/aromatic N) is 10. The van der Waals surface area contributed by atoms with Crippen molar-refractivity contribution < 1.29 is 23.9 Å². The average molecular weight is 1290 g/mol. The molecular formula is C75H88N16O5. The predicted octanol–water partition coefficient (Wildman–Crippen LogP) is 11.4. The molecule has 3 saturated carbocycles. The molecular weight excluding hydrogens is 1200 g/mol. The molecule has 21 nitrogen and oxygen atoms in total. The van der Waals surface area contributed by atoms with E-state index in [0.29, 0.717) is 58.7 Å². The molecule has 0 atom stereocenters. The number of hydrogen-bond donors (Lipinski definition) is 6. The minimum absolute atomic E-state index is 0.00212. The quantitative estimate of drug-likeness (QED) is 0.0441. The van der Waals surface area contributed by atoms with Crippen molar-refractivity contribution in [3.8, 4) is 56.2 Å². The van der Waals surface area contributed by atoms with E-state index in [1.165, 1.54) is 0 Å². The van der Waals surface area contributed by atoms with E-state index in [0.717, 1.165) is 195 Å². The van der Waals surface area contributed by atoms with Crippen LogP contribution in [0.4, 0.5) is 11.4 Å². The van der Waals surface area contributed by atoms with Gasteiger partial charge in [-0.2, -0.15) is 15.3 Å². The topological polar surface area (TPSA) is 237 Å². The van der Waals surface area contributed by atoms with Gasteiger partial charge in [-0.05, 0) is 207 Å². The van der Waals surface area contributed by atoms with E-state index in [4.69, 9.17) is 9.47 Å². The first-order valence-corrected chi connectivity index (χ1v) is 34.3. The minimum Gasteiger partial charge on any atom is -0.489 e. The Kier molecular flexibility index (Phi) is 20.4. The van der Waals surface area contributed by atoms with Gasteiger partial charge in [0.25, 0.3) is 17.7 Å². The molecule has 0 radical (unpaired) electrons. The van der Waals surface area contributed by atoms with E-state index < -0.39 is 0 Å². The van der Waals surface area contributed by atoms with E-state index in [1.807, 2.05) is 147 Å².